The third kappa shape index (κ3) is 6.24. The van der Waals surface area contributed by atoms with E-state index in [9.17, 15) is 0 Å². The summed E-state index contributed by atoms with van der Waals surface area (Å²) in [7, 11) is 0. The summed E-state index contributed by atoms with van der Waals surface area (Å²) >= 11 is 0. The molecule has 0 fully saturated rings. The van der Waals surface area contributed by atoms with Crippen molar-refractivity contribution in [2.45, 2.75) is 0 Å². The van der Waals surface area contributed by atoms with Gasteiger partial charge in [0.05, 0.1) is 6.26 Å². The maximum absolute atomic E-state index is 5.82. The van der Waals surface area contributed by atoms with Gasteiger partial charge in [-0.05, 0) is 90.3 Å². The third-order valence-electron chi connectivity index (χ3n) is 11.3. The third-order valence-corrected chi connectivity index (χ3v) is 11.3. The van der Waals surface area contributed by atoms with Gasteiger partial charge in [0.2, 0.25) is 0 Å². The average Bonchev–Trinajstić information content (AvgIpc) is 3.81. The molecule has 0 spiro atoms. The molecule has 4 heteroatoms. The Morgan fingerprint density at radius 3 is 1.54 bits per heavy atom. The molecule has 0 N–H and O–H groups in total. The summed E-state index contributed by atoms with van der Waals surface area (Å²) in [6, 6.07) is 72.3. The zero-order valence-corrected chi connectivity index (χ0v) is 32.0. The summed E-state index contributed by atoms with van der Waals surface area (Å²) in [5.41, 5.74) is 12.6. The molecule has 2 aromatic heterocycles. The molecule has 0 unspecified atom stereocenters. The van der Waals surface area contributed by atoms with E-state index in [0.717, 1.165) is 71.8 Å². The molecule has 2 heterocycles. The van der Waals surface area contributed by atoms with Crippen LogP contribution in [0.25, 0.3) is 111 Å². The van der Waals surface area contributed by atoms with Gasteiger partial charge in [0.15, 0.2) is 17.5 Å². The van der Waals surface area contributed by atoms with Crippen molar-refractivity contribution in [1.82, 2.24) is 15.0 Å². The van der Waals surface area contributed by atoms with Crippen LogP contribution in [0, 0.1) is 0 Å². The lowest BCUT2D eigenvalue weighted by atomic mass is 9.91. The van der Waals surface area contributed by atoms with E-state index >= 15 is 0 Å². The summed E-state index contributed by atoms with van der Waals surface area (Å²) in [6.45, 7) is 0. The summed E-state index contributed by atoms with van der Waals surface area (Å²) in [5, 5.41) is 5.73. The Labute approximate surface area is 341 Å². The van der Waals surface area contributed by atoms with Gasteiger partial charge in [0.25, 0.3) is 0 Å². The molecule has 0 saturated carbocycles. The van der Waals surface area contributed by atoms with Gasteiger partial charge in [-0.2, -0.15) is 0 Å². The van der Waals surface area contributed by atoms with Crippen molar-refractivity contribution >= 4 is 32.5 Å². The SMILES string of the molecule is c1ccc(-c2cccc3ccc(-c4nc(-c5cccc(-c6ccc(-c7ccccc7)c7ccccc67)c5)nc(-c5ccccc5-c5cccc6occc56)n4)cc23)cc1. The highest BCUT2D eigenvalue weighted by molar-refractivity contribution is 6.05. The highest BCUT2D eigenvalue weighted by Gasteiger charge is 2.19. The van der Waals surface area contributed by atoms with E-state index in [-0.39, 0.29) is 0 Å². The number of hydrogen-bond donors (Lipinski definition) is 0. The lowest BCUT2D eigenvalue weighted by Crippen LogP contribution is -2.01. The molecule has 59 heavy (non-hydrogen) atoms. The van der Waals surface area contributed by atoms with Crippen LogP contribution in [0.5, 0.6) is 0 Å². The molecule has 0 atom stereocenters. The molecule has 9 aromatic carbocycles. The summed E-state index contributed by atoms with van der Waals surface area (Å²) in [6.07, 6.45) is 1.74. The molecule has 11 aromatic rings. The van der Waals surface area contributed by atoms with Crippen LogP contribution in [0.4, 0.5) is 0 Å². The number of furan rings is 1. The predicted molar refractivity (Wildman–Crippen MR) is 243 cm³/mol. The van der Waals surface area contributed by atoms with E-state index in [1.807, 2.05) is 24.3 Å². The van der Waals surface area contributed by atoms with Crippen LogP contribution in [0.3, 0.4) is 0 Å². The number of rotatable bonds is 7. The van der Waals surface area contributed by atoms with E-state index < -0.39 is 0 Å². The minimum Gasteiger partial charge on any atom is -0.464 e. The highest BCUT2D eigenvalue weighted by atomic mass is 16.3. The second kappa shape index (κ2) is 14.5. The van der Waals surface area contributed by atoms with Crippen LogP contribution in [-0.2, 0) is 0 Å². The Hall–Kier alpha value is -7.95. The number of nitrogens with zero attached hydrogens (tertiary/aromatic N) is 3. The largest absolute Gasteiger partial charge is 0.464 e. The first-order valence-corrected chi connectivity index (χ1v) is 19.8. The van der Waals surface area contributed by atoms with E-state index in [2.05, 4.69) is 182 Å². The molecule has 0 amide bonds. The van der Waals surface area contributed by atoms with Crippen LogP contribution in [0.2, 0.25) is 0 Å². The Morgan fingerprint density at radius 1 is 0.271 bits per heavy atom. The fraction of sp³-hybridized carbons (Fsp3) is 0. The first-order chi connectivity index (χ1) is 29.2. The van der Waals surface area contributed by atoms with Crippen molar-refractivity contribution in [3.05, 3.63) is 213 Å². The molecular weight excluding hydrogens is 719 g/mol. The summed E-state index contributed by atoms with van der Waals surface area (Å²) in [4.78, 5) is 15.8. The van der Waals surface area contributed by atoms with Crippen LogP contribution in [0.15, 0.2) is 217 Å². The van der Waals surface area contributed by atoms with Gasteiger partial charge in [0, 0.05) is 22.1 Å². The quantitative estimate of drug-likeness (QED) is 0.163. The van der Waals surface area contributed by atoms with Gasteiger partial charge < -0.3 is 4.42 Å². The van der Waals surface area contributed by atoms with Gasteiger partial charge in [0.1, 0.15) is 5.58 Å². The maximum atomic E-state index is 5.82. The first kappa shape index (κ1) is 34.3. The standard InChI is InChI=1S/C55H35N3O/c1-3-14-36(15-4-1)42-25-12-18-38-28-29-41(35-51(38)42)54-56-53(57-55(58-54)50-24-10-9-23-48(50)47-26-13-27-52-49(47)32-33-59-52)40-20-11-19-39(34-40)44-31-30-43(37-16-5-2-6-17-37)45-21-7-8-22-46(44)45/h1-35H. The van der Waals surface area contributed by atoms with Crippen molar-refractivity contribution in [3.63, 3.8) is 0 Å². The number of hydrogen-bond acceptors (Lipinski definition) is 4. The molecule has 4 nitrogen and oxygen atoms in total. The lowest BCUT2D eigenvalue weighted by molar-refractivity contribution is 0.616. The van der Waals surface area contributed by atoms with Crippen LogP contribution < -0.4 is 0 Å². The number of aromatic nitrogens is 3. The summed E-state index contributed by atoms with van der Waals surface area (Å²) in [5.74, 6) is 1.81. The minimum atomic E-state index is 0.598. The topological polar surface area (TPSA) is 51.8 Å². The van der Waals surface area contributed by atoms with Crippen molar-refractivity contribution in [2.24, 2.45) is 0 Å². The van der Waals surface area contributed by atoms with Crippen molar-refractivity contribution in [1.29, 1.82) is 0 Å². The number of benzene rings is 9. The van der Waals surface area contributed by atoms with Gasteiger partial charge >= 0.3 is 0 Å². The first-order valence-electron chi connectivity index (χ1n) is 19.8. The zero-order chi connectivity index (χ0) is 39.1. The Bertz CT molecular complexity index is 3330. The van der Waals surface area contributed by atoms with E-state index in [1.165, 1.54) is 21.9 Å². The zero-order valence-electron chi connectivity index (χ0n) is 32.0. The maximum Gasteiger partial charge on any atom is 0.164 e. The fourth-order valence-corrected chi connectivity index (χ4v) is 8.42. The Morgan fingerprint density at radius 2 is 0.797 bits per heavy atom. The van der Waals surface area contributed by atoms with E-state index in [0.29, 0.717) is 17.5 Å². The molecule has 0 bridgehead atoms. The monoisotopic (exact) mass is 753 g/mol. The second-order valence-electron chi connectivity index (χ2n) is 14.8. The van der Waals surface area contributed by atoms with Crippen molar-refractivity contribution in [3.8, 4) is 78.7 Å². The molecule has 0 aliphatic carbocycles. The van der Waals surface area contributed by atoms with Crippen LogP contribution in [0.1, 0.15) is 0 Å². The van der Waals surface area contributed by atoms with Gasteiger partial charge in [-0.25, -0.2) is 15.0 Å². The predicted octanol–water partition coefficient (Wildman–Crippen LogP) is 14.6. The van der Waals surface area contributed by atoms with E-state index in [4.69, 9.17) is 19.4 Å². The lowest BCUT2D eigenvalue weighted by Gasteiger charge is -2.14. The van der Waals surface area contributed by atoms with Gasteiger partial charge in [-0.15, -0.1) is 0 Å². The van der Waals surface area contributed by atoms with Crippen molar-refractivity contribution < 1.29 is 4.42 Å². The fourth-order valence-electron chi connectivity index (χ4n) is 8.42. The number of fused-ring (bicyclic) bond motifs is 3. The molecule has 0 radical (unpaired) electrons. The van der Waals surface area contributed by atoms with Crippen molar-refractivity contribution in [2.75, 3.05) is 0 Å². The van der Waals surface area contributed by atoms with E-state index in [1.54, 1.807) is 6.26 Å². The molecule has 0 aliphatic heterocycles. The molecule has 276 valence electrons. The van der Waals surface area contributed by atoms with Crippen LogP contribution in [-0.4, -0.2) is 15.0 Å². The molecule has 0 aliphatic rings. The minimum absolute atomic E-state index is 0.598. The van der Waals surface area contributed by atoms with Gasteiger partial charge in [-0.1, -0.05) is 182 Å². The Kier molecular flexibility index (Phi) is 8.45. The van der Waals surface area contributed by atoms with Crippen LogP contribution >= 0.6 is 0 Å². The smallest absolute Gasteiger partial charge is 0.164 e. The summed E-state index contributed by atoms with van der Waals surface area (Å²) < 4.78 is 5.82. The second-order valence-corrected chi connectivity index (χ2v) is 14.8. The van der Waals surface area contributed by atoms with Gasteiger partial charge in [-0.3, -0.25) is 0 Å². The molecule has 11 rings (SSSR count). The highest BCUT2D eigenvalue weighted by Crippen LogP contribution is 2.40. The molecular formula is C55H35N3O. The normalized spacial score (nSPS) is 11.4. The Balaban J connectivity index is 1.10. The average molecular weight is 754 g/mol. The molecule has 0 saturated heterocycles.